The molecule has 3 aliphatic heterocycles. The third kappa shape index (κ3) is 15.3. The number of carbonyl (C=O) groups is 5. The molecule has 68 heavy (non-hydrogen) atoms. The number of esters is 1. The van der Waals surface area contributed by atoms with Crippen molar-refractivity contribution in [1.82, 2.24) is 4.90 Å². The number of ether oxygens (including phenoxy) is 6. The predicted molar refractivity (Wildman–Crippen MR) is 256 cm³/mol. The number of piperidine rings is 1. The molecule has 4 aliphatic rings. The molecule has 2 saturated heterocycles. The van der Waals surface area contributed by atoms with Crippen molar-refractivity contribution in [1.29, 1.82) is 0 Å². The number of ketones is 3. The molecule has 15 heteroatoms. The van der Waals surface area contributed by atoms with E-state index in [-0.39, 0.29) is 74.1 Å². The molecule has 2 bridgehead atoms. The van der Waals surface area contributed by atoms with Gasteiger partial charge in [0.15, 0.2) is 5.78 Å². The molecule has 4 rings (SSSR count). The highest BCUT2D eigenvalue weighted by molar-refractivity contribution is 6.39. The third-order valence-corrected chi connectivity index (χ3v) is 14.9. The fourth-order valence-corrected chi connectivity index (χ4v) is 10.5. The van der Waals surface area contributed by atoms with Crippen LogP contribution in [0.3, 0.4) is 0 Å². The molecule has 1 aliphatic carbocycles. The van der Waals surface area contributed by atoms with E-state index in [0.29, 0.717) is 63.4 Å². The summed E-state index contributed by atoms with van der Waals surface area (Å²) in [6.45, 7) is 12.9. The maximum absolute atomic E-state index is 14.5. The molecule has 0 aromatic rings. The van der Waals surface area contributed by atoms with Gasteiger partial charge < -0.3 is 48.6 Å². The minimum atomic E-state index is -2.43. The van der Waals surface area contributed by atoms with Crippen LogP contribution in [0.1, 0.15) is 126 Å². The van der Waals surface area contributed by atoms with Gasteiger partial charge in [-0.15, -0.1) is 0 Å². The number of hydrogen-bond donors (Lipinski definition) is 3. The number of nitrogens with zero attached hydrogens (tertiary/aromatic N) is 1. The summed E-state index contributed by atoms with van der Waals surface area (Å²) in [5.74, 6) is -7.96. The van der Waals surface area contributed by atoms with Gasteiger partial charge in [0.05, 0.1) is 37.6 Å². The van der Waals surface area contributed by atoms with E-state index in [9.17, 15) is 39.3 Å². The van der Waals surface area contributed by atoms with Gasteiger partial charge in [-0.05, 0) is 107 Å². The second-order valence-corrected chi connectivity index (χ2v) is 20.2. The first-order valence-corrected chi connectivity index (χ1v) is 25.0. The molecule has 15 atom stereocenters. The number of amides is 1. The Morgan fingerprint density at radius 2 is 1.59 bits per heavy atom. The minimum Gasteiger partial charge on any atom is -0.460 e. The summed E-state index contributed by atoms with van der Waals surface area (Å²) in [6.07, 6.45) is 12.0. The van der Waals surface area contributed by atoms with Crippen LogP contribution in [0, 0.1) is 35.5 Å². The molecule has 15 nitrogen and oxygen atoms in total. The highest BCUT2D eigenvalue weighted by Crippen LogP contribution is 2.38. The Labute approximate surface area is 405 Å². The van der Waals surface area contributed by atoms with Crippen molar-refractivity contribution >= 4 is 29.2 Å². The maximum Gasteiger partial charge on any atom is 0.329 e. The van der Waals surface area contributed by atoms with E-state index < -0.39 is 77.8 Å². The first-order chi connectivity index (χ1) is 32.3. The van der Waals surface area contributed by atoms with E-state index in [1.807, 2.05) is 58.1 Å². The zero-order valence-electron chi connectivity index (χ0n) is 42.4. The van der Waals surface area contributed by atoms with Gasteiger partial charge in [0.1, 0.15) is 30.1 Å². The van der Waals surface area contributed by atoms with Gasteiger partial charge in [-0.3, -0.25) is 19.2 Å². The van der Waals surface area contributed by atoms with Crippen LogP contribution in [0.5, 0.6) is 0 Å². The van der Waals surface area contributed by atoms with Crippen LogP contribution < -0.4 is 0 Å². The molecule has 3 fully saturated rings. The second-order valence-electron chi connectivity index (χ2n) is 20.2. The van der Waals surface area contributed by atoms with Gasteiger partial charge in [0, 0.05) is 58.5 Å². The maximum atomic E-state index is 14.5. The van der Waals surface area contributed by atoms with E-state index in [0.717, 1.165) is 12.0 Å². The SMILES string of the molecule is CO[C@H]1C[C@@H]2CC[C@@H](C)[C@@](O)(O2)C(=O)C(=O)N2CCCC[C@H]2C(=O)O[C@H]([C@H](C)C[C@@H]2CC[C@@H](OCCO)[C@H](OC)C2)CC(=O)[C@H](C)/C=C(\C)[C@@H](O)[C@@H](OC)C(=O)C(C)C[C@H](C)/C=C/C=CC=C1C. The van der Waals surface area contributed by atoms with Gasteiger partial charge in [0.25, 0.3) is 11.7 Å². The highest BCUT2D eigenvalue weighted by Gasteiger charge is 2.53. The van der Waals surface area contributed by atoms with E-state index in [1.165, 1.54) is 12.0 Å². The van der Waals surface area contributed by atoms with Crippen LogP contribution >= 0.6 is 0 Å². The van der Waals surface area contributed by atoms with Crippen molar-refractivity contribution < 1.29 is 67.7 Å². The first-order valence-electron chi connectivity index (χ1n) is 25.0. The molecular weight excluding hydrogens is 875 g/mol. The molecule has 0 spiro atoms. The topological polar surface area (TPSA) is 205 Å². The first kappa shape index (κ1) is 57.2. The number of cyclic esters (lactones) is 1. The molecule has 384 valence electrons. The number of carbonyl (C=O) groups excluding carboxylic acids is 5. The summed E-state index contributed by atoms with van der Waals surface area (Å²) < 4.78 is 35.6. The summed E-state index contributed by atoms with van der Waals surface area (Å²) in [5, 5.41) is 32.8. The number of aliphatic hydroxyl groups excluding tert-OH is 2. The lowest BCUT2D eigenvalue weighted by Gasteiger charge is -2.42. The zero-order valence-corrected chi connectivity index (χ0v) is 42.4. The molecule has 0 radical (unpaired) electrons. The molecule has 1 saturated carbocycles. The van der Waals surface area contributed by atoms with Crippen molar-refractivity contribution in [2.45, 2.75) is 180 Å². The molecule has 3 heterocycles. The molecule has 1 amide bonds. The molecule has 0 aromatic carbocycles. The van der Waals surface area contributed by atoms with Gasteiger partial charge >= 0.3 is 5.97 Å². The number of allylic oxidation sites excluding steroid dienone is 6. The highest BCUT2D eigenvalue weighted by atomic mass is 16.6. The monoisotopic (exact) mass is 958 g/mol. The van der Waals surface area contributed by atoms with Gasteiger partial charge in [-0.2, -0.15) is 0 Å². The summed E-state index contributed by atoms with van der Waals surface area (Å²) in [7, 11) is 4.58. The number of fused-ring (bicyclic) bond motifs is 3. The average molecular weight is 958 g/mol. The largest absolute Gasteiger partial charge is 0.460 e. The summed E-state index contributed by atoms with van der Waals surface area (Å²) in [6, 6.07) is -1.14. The van der Waals surface area contributed by atoms with Crippen LogP contribution in [-0.4, -0.2) is 145 Å². The Hall–Kier alpha value is -3.41. The fraction of sp³-hybridized carbons (Fsp3) is 0.755. The quantitative estimate of drug-likeness (QED) is 0.134. The van der Waals surface area contributed by atoms with Crippen LogP contribution in [0.15, 0.2) is 47.6 Å². The number of aliphatic hydroxyl groups is 3. The minimum absolute atomic E-state index is 0.0158. The van der Waals surface area contributed by atoms with Crippen LogP contribution in [0.25, 0.3) is 0 Å². The number of rotatable bonds is 9. The van der Waals surface area contributed by atoms with E-state index in [1.54, 1.807) is 41.1 Å². The normalized spacial score (nSPS) is 37.9. The van der Waals surface area contributed by atoms with Crippen molar-refractivity contribution in [3.05, 3.63) is 47.6 Å². The summed E-state index contributed by atoms with van der Waals surface area (Å²) >= 11 is 0. The Morgan fingerprint density at radius 1 is 0.853 bits per heavy atom. The Kier molecular flexibility index (Phi) is 22.9. The van der Waals surface area contributed by atoms with Crippen LogP contribution in [-0.2, 0) is 52.4 Å². The van der Waals surface area contributed by atoms with Gasteiger partial charge in [-0.25, -0.2) is 4.79 Å². The second kappa shape index (κ2) is 27.3. The Morgan fingerprint density at radius 3 is 2.26 bits per heavy atom. The molecule has 3 N–H and O–H groups in total. The zero-order chi connectivity index (χ0) is 50.3. The lowest BCUT2D eigenvalue weighted by atomic mass is 9.78. The molecular formula is C53H83NO14. The molecule has 0 aromatic heterocycles. The van der Waals surface area contributed by atoms with E-state index in [4.69, 9.17) is 28.4 Å². The van der Waals surface area contributed by atoms with Crippen molar-refractivity contribution in [2.75, 3.05) is 41.1 Å². The lowest BCUT2D eigenvalue weighted by Crippen LogP contribution is -2.61. The lowest BCUT2D eigenvalue weighted by molar-refractivity contribution is -0.265. The van der Waals surface area contributed by atoms with Crippen molar-refractivity contribution in [2.24, 2.45) is 35.5 Å². The van der Waals surface area contributed by atoms with Crippen LogP contribution in [0.4, 0.5) is 0 Å². The van der Waals surface area contributed by atoms with E-state index >= 15 is 0 Å². The molecule has 1 unspecified atom stereocenters. The van der Waals surface area contributed by atoms with Crippen molar-refractivity contribution in [3.63, 3.8) is 0 Å². The number of hydrogen-bond acceptors (Lipinski definition) is 14. The van der Waals surface area contributed by atoms with Crippen LogP contribution in [0.2, 0.25) is 0 Å². The number of methoxy groups -OCH3 is 3. The smallest absolute Gasteiger partial charge is 0.329 e. The summed E-state index contributed by atoms with van der Waals surface area (Å²) in [4.78, 5) is 72.1. The standard InChI is InChI=1S/C53H83NO14/c1-32-16-12-11-13-17-33(2)44(63-8)30-40-21-19-38(7)53(62,68-40)50(59)51(60)54-23-15-14-18-41(54)52(61)67-45(35(4)28-39-20-22-43(66-25-24-55)46(29-39)64-9)31-42(56)34(3)27-37(6)48(58)49(65-10)47(57)36(5)26-32/h11-13,16-17,27,32,34-36,38-41,43-46,48-49,55,58,62H,14-15,18-26,28-31H2,1-10H3/b13-11?,16-12+,33-17?,37-27+/t32-,34-,35-,36?,38-,39+,40+,41+,43-,44+,45+,46-,48-,49+,53-/m1/s1. The predicted octanol–water partition coefficient (Wildman–Crippen LogP) is 6.20. The Balaban J connectivity index is 1.70. The fourth-order valence-electron chi connectivity index (χ4n) is 10.5. The summed E-state index contributed by atoms with van der Waals surface area (Å²) in [5.41, 5.74) is 1.26. The van der Waals surface area contributed by atoms with E-state index in [2.05, 4.69) is 0 Å². The van der Waals surface area contributed by atoms with Crippen molar-refractivity contribution in [3.8, 4) is 0 Å². The average Bonchev–Trinajstić information content (AvgIpc) is 3.32. The third-order valence-electron chi connectivity index (χ3n) is 14.9. The van der Waals surface area contributed by atoms with Gasteiger partial charge in [-0.1, -0.05) is 71.1 Å². The van der Waals surface area contributed by atoms with Gasteiger partial charge in [0.2, 0.25) is 5.79 Å². The Bertz CT molecular complexity index is 1810. The number of Topliss-reactive ketones (excluding diaryl/α,β-unsaturated/α-hetero) is 3.